The number of ether oxygens (including phenoxy) is 2. The normalized spacial score (nSPS) is 17.6. The second-order valence-electron chi connectivity index (χ2n) is 5.00. The van der Waals surface area contributed by atoms with E-state index in [0.29, 0.717) is 42.7 Å². The van der Waals surface area contributed by atoms with E-state index in [0.717, 1.165) is 0 Å². The average Bonchev–Trinajstić information content (AvgIpc) is 2.47. The van der Waals surface area contributed by atoms with E-state index < -0.39 is 11.4 Å². The lowest BCUT2D eigenvalue weighted by atomic mass is 9.69. The van der Waals surface area contributed by atoms with Crippen molar-refractivity contribution >= 4 is 11.8 Å². The van der Waals surface area contributed by atoms with Crippen molar-refractivity contribution in [3.63, 3.8) is 0 Å². The Morgan fingerprint density at radius 3 is 2.25 bits per heavy atom. The average molecular weight is 278 g/mol. The Balaban J connectivity index is 2.45. The number of hydrogen-bond acceptors (Lipinski definition) is 4. The molecule has 0 radical (unpaired) electrons. The van der Waals surface area contributed by atoms with Gasteiger partial charge >= 0.3 is 5.97 Å². The number of hydrogen-bond donors (Lipinski definition) is 1. The van der Waals surface area contributed by atoms with Gasteiger partial charge in [0.25, 0.3) is 0 Å². The molecule has 108 valence electrons. The third kappa shape index (κ3) is 2.35. The standard InChI is InChI=1S/C15H18O5/c1-19-12-4-3-10(9-13(12)20-2)15(14(17)18)7-5-11(16)6-8-15/h3-4,9H,5-8H2,1-2H3,(H,17,18). The zero-order chi connectivity index (χ0) is 14.8. The SMILES string of the molecule is COc1ccc(C2(C(=O)O)CCC(=O)CC2)cc1OC. The highest BCUT2D eigenvalue weighted by atomic mass is 16.5. The summed E-state index contributed by atoms with van der Waals surface area (Å²) in [6, 6.07) is 5.14. The second kappa shape index (κ2) is 5.53. The van der Waals surface area contributed by atoms with Crippen molar-refractivity contribution in [2.75, 3.05) is 14.2 Å². The second-order valence-corrected chi connectivity index (χ2v) is 5.00. The molecular formula is C15H18O5. The van der Waals surface area contributed by atoms with E-state index in [2.05, 4.69) is 0 Å². The highest BCUT2D eigenvalue weighted by molar-refractivity contribution is 5.87. The molecule has 1 aromatic carbocycles. The molecule has 1 saturated carbocycles. The Hall–Kier alpha value is -2.04. The van der Waals surface area contributed by atoms with Crippen LogP contribution >= 0.6 is 0 Å². The molecule has 0 aromatic heterocycles. The highest BCUT2D eigenvalue weighted by Gasteiger charge is 2.43. The minimum atomic E-state index is -1.01. The van der Waals surface area contributed by atoms with Gasteiger partial charge in [0, 0.05) is 12.8 Å². The van der Waals surface area contributed by atoms with E-state index in [1.807, 2.05) is 0 Å². The van der Waals surface area contributed by atoms with Gasteiger partial charge in [-0.1, -0.05) is 6.07 Å². The molecule has 1 aromatic rings. The van der Waals surface area contributed by atoms with Crippen molar-refractivity contribution in [2.45, 2.75) is 31.1 Å². The predicted octanol–water partition coefficient (Wildman–Crippen LogP) is 2.17. The summed E-state index contributed by atoms with van der Waals surface area (Å²) >= 11 is 0. The van der Waals surface area contributed by atoms with Gasteiger partial charge in [0.1, 0.15) is 5.78 Å². The summed E-state index contributed by atoms with van der Waals surface area (Å²) in [6.45, 7) is 0. The largest absolute Gasteiger partial charge is 0.493 e. The van der Waals surface area contributed by atoms with E-state index in [1.54, 1.807) is 18.2 Å². The molecule has 0 atom stereocenters. The summed E-state index contributed by atoms with van der Waals surface area (Å²) in [4.78, 5) is 23.1. The first-order valence-corrected chi connectivity index (χ1v) is 6.51. The molecule has 1 fully saturated rings. The van der Waals surface area contributed by atoms with E-state index in [9.17, 15) is 14.7 Å². The number of carbonyl (C=O) groups is 2. The highest BCUT2D eigenvalue weighted by Crippen LogP contribution is 2.41. The number of carbonyl (C=O) groups excluding carboxylic acids is 1. The zero-order valence-corrected chi connectivity index (χ0v) is 11.6. The minimum Gasteiger partial charge on any atom is -0.493 e. The fourth-order valence-electron chi connectivity index (χ4n) is 2.72. The van der Waals surface area contributed by atoms with Crippen LogP contribution in [0.5, 0.6) is 11.5 Å². The van der Waals surface area contributed by atoms with Crippen LogP contribution in [0.15, 0.2) is 18.2 Å². The van der Waals surface area contributed by atoms with Gasteiger partial charge in [0.15, 0.2) is 11.5 Å². The van der Waals surface area contributed by atoms with Gasteiger partial charge in [-0.2, -0.15) is 0 Å². The molecule has 0 saturated heterocycles. The van der Waals surface area contributed by atoms with Gasteiger partial charge in [-0.05, 0) is 30.5 Å². The Labute approximate surface area is 117 Å². The Bertz CT molecular complexity index is 525. The maximum atomic E-state index is 11.8. The first-order valence-electron chi connectivity index (χ1n) is 6.51. The molecule has 0 heterocycles. The number of methoxy groups -OCH3 is 2. The van der Waals surface area contributed by atoms with Crippen LogP contribution in [0, 0.1) is 0 Å². The Kier molecular flexibility index (Phi) is 3.97. The number of carboxylic acid groups (broad SMARTS) is 1. The van der Waals surface area contributed by atoms with Crippen molar-refractivity contribution in [2.24, 2.45) is 0 Å². The Morgan fingerprint density at radius 2 is 1.75 bits per heavy atom. The molecule has 0 unspecified atom stereocenters. The fraction of sp³-hybridized carbons (Fsp3) is 0.467. The molecule has 1 aliphatic rings. The van der Waals surface area contributed by atoms with Crippen molar-refractivity contribution in [1.82, 2.24) is 0 Å². The smallest absolute Gasteiger partial charge is 0.314 e. The van der Waals surface area contributed by atoms with Crippen LogP contribution in [0.4, 0.5) is 0 Å². The first kappa shape index (κ1) is 14.4. The van der Waals surface area contributed by atoms with Crippen molar-refractivity contribution < 1.29 is 24.2 Å². The van der Waals surface area contributed by atoms with Crippen molar-refractivity contribution in [3.8, 4) is 11.5 Å². The first-order chi connectivity index (χ1) is 9.53. The number of rotatable bonds is 4. The van der Waals surface area contributed by atoms with Crippen LogP contribution in [-0.4, -0.2) is 31.1 Å². The molecule has 5 nitrogen and oxygen atoms in total. The third-order valence-electron chi connectivity index (χ3n) is 4.01. The topological polar surface area (TPSA) is 72.8 Å². The third-order valence-corrected chi connectivity index (χ3v) is 4.01. The van der Waals surface area contributed by atoms with Gasteiger partial charge < -0.3 is 14.6 Å². The van der Waals surface area contributed by atoms with Crippen molar-refractivity contribution in [3.05, 3.63) is 23.8 Å². The molecule has 2 rings (SSSR count). The summed E-state index contributed by atoms with van der Waals surface area (Å²) in [6.07, 6.45) is 1.27. The van der Waals surface area contributed by atoms with Crippen LogP contribution < -0.4 is 9.47 Å². The molecule has 1 N–H and O–H groups in total. The van der Waals surface area contributed by atoms with Crippen LogP contribution in [0.2, 0.25) is 0 Å². The molecular weight excluding hydrogens is 260 g/mol. The molecule has 0 spiro atoms. The van der Waals surface area contributed by atoms with E-state index in [4.69, 9.17) is 9.47 Å². The van der Waals surface area contributed by atoms with E-state index in [1.165, 1.54) is 14.2 Å². The predicted molar refractivity (Wildman–Crippen MR) is 72.3 cm³/mol. The lowest BCUT2D eigenvalue weighted by Crippen LogP contribution is -2.39. The van der Waals surface area contributed by atoms with Crippen LogP contribution in [-0.2, 0) is 15.0 Å². The summed E-state index contributed by atoms with van der Waals surface area (Å²) in [5.41, 5.74) is -0.344. The molecule has 0 bridgehead atoms. The summed E-state index contributed by atoms with van der Waals surface area (Å²) < 4.78 is 10.4. The molecule has 5 heteroatoms. The van der Waals surface area contributed by atoms with Gasteiger partial charge in [-0.3, -0.25) is 9.59 Å². The lowest BCUT2D eigenvalue weighted by Gasteiger charge is -2.33. The quantitative estimate of drug-likeness (QED) is 0.913. The Morgan fingerprint density at radius 1 is 1.15 bits per heavy atom. The van der Waals surface area contributed by atoms with Crippen LogP contribution in [0.25, 0.3) is 0 Å². The summed E-state index contributed by atoms with van der Waals surface area (Å²) in [5.74, 6) is 0.297. The summed E-state index contributed by atoms with van der Waals surface area (Å²) in [5, 5.41) is 9.64. The lowest BCUT2D eigenvalue weighted by molar-refractivity contribution is -0.146. The fourth-order valence-corrected chi connectivity index (χ4v) is 2.72. The van der Waals surface area contributed by atoms with Crippen LogP contribution in [0.1, 0.15) is 31.2 Å². The maximum absolute atomic E-state index is 11.8. The van der Waals surface area contributed by atoms with Gasteiger partial charge in [0.05, 0.1) is 19.6 Å². The van der Waals surface area contributed by atoms with Crippen molar-refractivity contribution in [1.29, 1.82) is 0 Å². The molecule has 1 aliphatic carbocycles. The van der Waals surface area contributed by atoms with Gasteiger partial charge in [-0.15, -0.1) is 0 Å². The number of carboxylic acids is 1. The van der Waals surface area contributed by atoms with Crippen LogP contribution in [0.3, 0.4) is 0 Å². The number of benzene rings is 1. The minimum absolute atomic E-state index is 0.127. The number of aliphatic carboxylic acids is 1. The van der Waals surface area contributed by atoms with Gasteiger partial charge in [-0.25, -0.2) is 0 Å². The summed E-state index contributed by atoms with van der Waals surface area (Å²) in [7, 11) is 3.04. The zero-order valence-electron chi connectivity index (χ0n) is 11.6. The van der Waals surface area contributed by atoms with E-state index >= 15 is 0 Å². The van der Waals surface area contributed by atoms with Gasteiger partial charge in [0.2, 0.25) is 0 Å². The van der Waals surface area contributed by atoms with E-state index in [-0.39, 0.29) is 5.78 Å². The molecule has 0 amide bonds. The monoisotopic (exact) mass is 278 g/mol. The number of Topliss-reactive ketones (excluding diaryl/α,β-unsaturated/α-hetero) is 1. The number of ketones is 1. The molecule has 0 aliphatic heterocycles. The molecule has 20 heavy (non-hydrogen) atoms. The maximum Gasteiger partial charge on any atom is 0.314 e.